The summed E-state index contributed by atoms with van der Waals surface area (Å²) in [5.74, 6) is 0.303. The van der Waals surface area contributed by atoms with Gasteiger partial charge in [0.1, 0.15) is 17.2 Å². The van der Waals surface area contributed by atoms with Crippen molar-refractivity contribution < 1.29 is 13.9 Å². The number of alkyl carbamates (subject to hydrolysis) is 1. The van der Waals surface area contributed by atoms with E-state index in [1.54, 1.807) is 18.3 Å². The number of rotatable bonds is 5. The zero-order valence-corrected chi connectivity index (χ0v) is 18.6. The number of para-hydroxylation sites is 1. The summed E-state index contributed by atoms with van der Waals surface area (Å²) in [6, 6.07) is 13.9. The standard InChI is InChI=1S/C25H27FN4O2/c1-25(2,3)32-24(31)29-20(13-17-15-30(4)22-8-6-5-7-19(17)22)23-27-14-21(28-23)16-9-11-18(26)12-10-16/h5-12,14-15,20H,13H2,1-4H3,(H,27,28)(H,29,31). The van der Waals surface area contributed by atoms with Gasteiger partial charge in [0, 0.05) is 30.6 Å². The number of hydrogen-bond acceptors (Lipinski definition) is 3. The molecule has 6 nitrogen and oxygen atoms in total. The highest BCUT2D eigenvalue weighted by Crippen LogP contribution is 2.27. The predicted octanol–water partition coefficient (Wildman–Crippen LogP) is 5.52. The van der Waals surface area contributed by atoms with Crippen LogP contribution in [0.25, 0.3) is 22.2 Å². The number of H-pyrrole nitrogens is 1. The van der Waals surface area contributed by atoms with E-state index in [0.29, 0.717) is 12.2 Å². The van der Waals surface area contributed by atoms with Gasteiger partial charge in [0.2, 0.25) is 0 Å². The zero-order valence-electron chi connectivity index (χ0n) is 18.6. The molecule has 2 N–H and O–H groups in total. The summed E-state index contributed by atoms with van der Waals surface area (Å²) in [6.07, 6.45) is 3.77. The number of halogens is 1. The third-order valence-electron chi connectivity index (χ3n) is 5.18. The number of ether oxygens (including phenoxy) is 1. The smallest absolute Gasteiger partial charge is 0.408 e. The second-order valence-electron chi connectivity index (χ2n) is 8.87. The fourth-order valence-corrected chi connectivity index (χ4v) is 3.76. The highest BCUT2D eigenvalue weighted by molar-refractivity contribution is 5.84. The van der Waals surface area contributed by atoms with E-state index in [9.17, 15) is 9.18 Å². The SMILES string of the molecule is Cn1cc(CC(NC(=O)OC(C)(C)C)c2ncc(-c3ccc(F)cc3)[nH]2)c2ccccc21. The first-order chi connectivity index (χ1) is 15.2. The van der Waals surface area contributed by atoms with Crippen LogP contribution in [0.4, 0.5) is 9.18 Å². The number of imidazole rings is 1. The van der Waals surface area contributed by atoms with Gasteiger partial charge in [-0.2, -0.15) is 0 Å². The summed E-state index contributed by atoms with van der Waals surface area (Å²) in [5.41, 5.74) is 3.14. The number of fused-ring (bicyclic) bond motifs is 1. The van der Waals surface area contributed by atoms with Gasteiger partial charge in [-0.05, 0) is 62.2 Å². The number of aromatic amines is 1. The van der Waals surface area contributed by atoms with Crippen molar-refractivity contribution in [2.75, 3.05) is 0 Å². The molecule has 4 rings (SSSR count). The van der Waals surface area contributed by atoms with E-state index in [4.69, 9.17) is 4.74 Å². The summed E-state index contributed by atoms with van der Waals surface area (Å²) in [7, 11) is 2.00. The van der Waals surface area contributed by atoms with Gasteiger partial charge in [-0.3, -0.25) is 0 Å². The molecule has 7 heteroatoms. The van der Waals surface area contributed by atoms with Crippen molar-refractivity contribution in [1.82, 2.24) is 19.9 Å². The number of aromatic nitrogens is 3. The molecule has 1 atom stereocenters. The molecule has 0 radical (unpaired) electrons. The number of benzene rings is 2. The monoisotopic (exact) mass is 434 g/mol. The summed E-state index contributed by atoms with van der Waals surface area (Å²) < 4.78 is 20.9. The second kappa shape index (κ2) is 8.49. The third kappa shape index (κ3) is 4.82. The van der Waals surface area contributed by atoms with Gasteiger partial charge in [0.25, 0.3) is 0 Å². The first-order valence-corrected chi connectivity index (χ1v) is 10.5. The van der Waals surface area contributed by atoms with Crippen molar-refractivity contribution in [1.29, 1.82) is 0 Å². The van der Waals surface area contributed by atoms with Crippen molar-refractivity contribution in [2.45, 2.75) is 38.8 Å². The molecule has 1 unspecified atom stereocenters. The molecule has 2 heterocycles. The molecule has 0 spiro atoms. The minimum absolute atomic E-state index is 0.297. The fourth-order valence-electron chi connectivity index (χ4n) is 3.76. The summed E-state index contributed by atoms with van der Waals surface area (Å²) in [6.45, 7) is 5.48. The molecule has 0 aliphatic rings. The average Bonchev–Trinajstić information content (AvgIpc) is 3.33. The first-order valence-electron chi connectivity index (χ1n) is 10.5. The van der Waals surface area contributed by atoms with E-state index in [0.717, 1.165) is 27.7 Å². The van der Waals surface area contributed by atoms with E-state index >= 15 is 0 Å². The molecule has 2 aromatic carbocycles. The maximum absolute atomic E-state index is 13.3. The van der Waals surface area contributed by atoms with Crippen molar-refractivity contribution in [2.24, 2.45) is 7.05 Å². The average molecular weight is 435 g/mol. The largest absolute Gasteiger partial charge is 0.444 e. The number of amides is 1. The number of hydrogen-bond donors (Lipinski definition) is 2. The zero-order chi connectivity index (χ0) is 22.9. The van der Waals surface area contributed by atoms with E-state index in [1.807, 2.05) is 40.0 Å². The molecular weight excluding hydrogens is 407 g/mol. The maximum atomic E-state index is 13.3. The molecule has 166 valence electrons. The van der Waals surface area contributed by atoms with Crippen LogP contribution >= 0.6 is 0 Å². The highest BCUT2D eigenvalue weighted by atomic mass is 19.1. The molecule has 4 aromatic rings. The molecule has 0 saturated carbocycles. The summed E-state index contributed by atoms with van der Waals surface area (Å²) in [4.78, 5) is 20.4. The van der Waals surface area contributed by atoms with Crippen LogP contribution in [0.5, 0.6) is 0 Å². The van der Waals surface area contributed by atoms with Crippen LogP contribution in [0.1, 0.15) is 38.2 Å². The van der Waals surface area contributed by atoms with Gasteiger partial charge in [-0.25, -0.2) is 14.2 Å². The number of nitrogens with zero attached hydrogens (tertiary/aromatic N) is 2. The van der Waals surface area contributed by atoms with Crippen LogP contribution in [-0.2, 0) is 18.2 Å². The van der Waals surface area contributed by atoms with Crippen molar-refractivity contribution in [3.63, 3.8) is 0 Å². The van der Waals surface area contributed by atoms with Gasteiger partial charge >= 0.3 is 6.09 Å². The molecule has 1 amide bonds. The van der Waals surface area contributed by atoms with E-state index < -0.39 is 17.7 Å². The molecule has 0 aliphatic heterocycles. The van der Waals surface area contributed by atoms with Crippen molar-refractivity contribution in [3.8, 4) is 11.3 Å². The molecule has 0 aliphatic carbocycles. The Morgan fingerprint density at radius 2 is 1.91 bits per heavy atom. The van der Waals surface area contributed by atoms with Crippen LogP contribution in [0.3, 0.4) is 0 Å². The second-order valence-corrected chi connectivity index (χ2v) is 8.87. The van der Waals surface area contributed by atoms with Crippen LogP contribution in [0.15, 0.2) is 60.9 Å². The Kier molecular flexibility index (Phi) is 5.74. The number of nitrogens with one attached hydrogen (secondary N) is 2. The topological polar surface area (TPSA) is 71.9 Å². The Morgan fingerprint density at radius 3 is 2.62 bits per heavy atom. The number of carbonyl (C=O) groups is 1. The minimum atomic E-state index is -0.615. The molecular formula is C25H27FN4O2. The van der Waals surface area contributed by atoms with Crippen molar-refractivity contribution in [3.05, 3.63) is 78.1 Å². The fraction of sp³-hybridized carbons (Fsp3) is 0.280. The Morgan fingerprint density at radius 1 is 1.19 bits per heavy atom. The Bertz CT molecular complexity index is 1240. The molecule has 0 fully saturated rings. The number of aryl methyl sites for hydroxylation is 1. The summed E-state index contributed by atoms with van der Waals surface area (Å²) in [5, 5.41) is 4.08. The van der Waals surface area contributed by atoms with Crippen molar-refractivity contribution >= 4 is 17.0 Å². The van der Waals surface area contributed by atoms with Crippen LogP contribution < -0.4 is 5.32 Å². The highest BCUT2D eigenvalue weighted by Gasteiger charge is 2.24. The lowest BCUT2D eigenvalue weighted by molar-refractivity contribution is 0.0501. The number of carbonyl (C=O) groups excluding carboxylic acids is 1. The van der Waals surface area contributed by atoms with Gasteiger partial charge in [0.15, 0.2) is 0 Å². The van der Waals surface area contributed by atoms with Crippen LogP contribution in [0.2, 0.25) is 0 Å². The van der Waals surface area contributed by atoms with Crippen LogP contribution in [0, 0.1) is 5.82 Å². The minimum Gasteiger partial charge on any atom is -0.444 e. The van der Waals surface area contributed by atoms with Gasteiger partial charge in [0.05, 0.1) is 17.9 Å². The lowest BCUT2D eigenvalue weighted by atomic mass is 10.0. The normalized spacial score (nSPS) is 12.7. The Hall–Kier alpha value is -3.61. The Balaban J connectivity index is 1.66. The lowest BCUT2D eigenvalue weighted by Gasteiger charge is -2.23. The maximum Gasteiger partial charge on any atom is 0.408 e. The third-order valence-corrected chi connectivity index (χ3v) is 5.18. The molecule has 2 aromatic heterocycles. The van der Waals surface area contributed by atoms with E-state index in [1.165, 1.54) is 12.1 Å². The lowest BCUT2D eigenvalue weighted by Crippen LogP contribution is -2.36. The molecule has 0 saturated heterocycles. The molecule has 32 heavy (non-hydrogen) atoms. The quantitative estimate of drug-likeness (QED) is 0.435. The van der Waals surface area contributed by atoms with Crippen LogP contribution in [-0.4, -0.2) is 26.2 Å². The van der Waals surface area contributed by atoms with E-state index in [2.05, 4.69) is 38.2 Å². The molecule has 0 bridgehead atoms. The van der Waals surface area contributed by atoms with E-state index in [-0.39, 0.29) is 5.82 Å². The van der Waals surface area contributed by atoms with Gasteiger partial charge in [-0.15, -0.1) is 0 Å². The van der Waals surface area contributed by atoms with Gasteiger partial charge < -0.3 is 19.6 Å². The Labute approximate surface area is 186 Å². The van der Waals surface area contributed by atoms with Gasteiger partial charge in [-0.1, -0.05) is 18.2 Å². The first kappa shape index (κ1) is 21.6. The predicted molar refractivity (Wildman–Crippen MR) is 123 cm³/mol. The summed E-state index contributed by atoms with van der Waals surface area (Å²) >= 11 is 0.